The van der Waals surface area contributed by atoms with Crippen LogP contribution in [0.2, 0.25) is 0 Å². The number of carbonyl (C=O) groups excluding carboxylic acids is 2. The van der Waals surface area contributed by atoms with Gasteiger partial charge >= 0.3 is 6.03 Å². The van der Waals surface area contributed by atoms with Crippen LogP contribution in [-0.4, -0.2) is 27.9 Å². The van der Waals surface area contributed by atoms with E-state index in [0.29, 0.717) is 0 Å². The van der Waals surface area contributed by atoms with Gasteiger partial charge in [0.2, 0.25) is 0 Å². The van der Waals surface area contributed by atoms with E-state index < -0.39 is 17.1 Å². The van der Waals surface area contributed by atoms with Gasteiger partial charge < -0.3 is 5.32 Å². The van der Waals surface area contributed by atoms with Gasteiger partial charge in [0.25, 0.3) is 5.91 Å². The van der Waals surface area contributed by atoms with Gasteiger partial charge in [-0.2, -0.15) is 5.26 Å². The number of urea groups is 1. The number of nitriles is 1. The van der Waals surface area contributed by atoms with Gasteiger partial charge in [-0.15, -0.1) is 0 Å². The summed E-state index contributed by atoms with van der Waals surface area (Å²) in [4.78, 5) is 24.1. The lowest BCUT2D eigenvalue weighted by molar-refractivity contribution is -0.132. The van der Waals surface area contributed by atoms with E-state index >= 15 is 0 Å². The minimum absolute atomic E-state index is 0.367. The van der Waals surface area contributed by atoms with Crippen molar-refractivity contribution in [2.75, 3.05) is 0 Å². The lowest BCUT2D eigenvalue weighted by Crippen LogP contribution is -2.48. The van der Waals surface area contributed by atoms with Gasteiger partial charge in [0.15, 0.2) is 0 Å². The Kier molecular flexibility index (Phi) is 2.03. The summed E-state index contributed by atoms with van der Waals surface area (Å²) >= 11 is 0. The minimum atomic E-state index is -1.10. The number of rotatable bonds is 1. The fourth-order valence-electron chi connectivity index (χ4n) is 1.31. The Labute approximate surface area is 82.7 Å². The molecule has 1 heterocycles. The Morgan fingerprint density at radius 2 is 1.93 bits per heavy atom. The lowest BCUT2D eigenvalue weighted by atomic mass is 10.0. The summed E-state index contributed by atoms with van der Waals surface area (Å²) in [5.74, 6) is -0.367. The molecular formula is C9H13N3O2. The molecular weight excluding hydrogens is 182 g/mol. The van der Waals surface area contributed by atoms with E-state index in [0.717, 1.165) is 4.90 Å². The molecule has 1 aliphatic heterocycles. The van der Waals surface area contributed by atoms with Crippen molar-refractivity contribution in [2.24, 2.45) is 0 Å². The molecule has 1 saturated heterocycles. The summed E-state index contributed by atoms with van der Waals surface area (Å²) in [6, 6.07) is 1.42. The average Bonchev–Trinajstić information content (AvgIpc) is 2.22. The van der Waals surface area contributed by atoms with Gasteiger partial charge in [0, 0.05) is 0 Å². The fourth-order valence-corrected chi connectivity index (χ4v) is 1.31. The maximum Gasteiger partial charge on any atom is 0.326 e. The Hall–Kier alpha value is -1.57. The maximum absolute atomic E-state index is 11.7. The third-order valence-corrected chi connectivity index (χ3v) is 2.19. The van der Waals surface area contributed by atoms with Crippen LogP contribution < -0.4 is 5.32 Å². The van der Waals surface area contributed by atoms with Crippen LogP contribution in [0.3, 0.4) is 0 Å². The highest BCUT2D eigenvalue weighted by Gasteiger charge is 2.50. The largest absolute Gasteiger partial charge is 0.326 e. The number of nitrogens with zero attached hydrogens (tertiary/aromatic N) is 2. The predicted molar refractivity (Wildman–Crippen MR) is 49.1 cm³/mol. The molecule has 1 N–H and O–H groups in total. The Bertz CT molecular complexity index is 338. The van der Waals surface area contributed by atoms with E-state index in [1.54, 1.807) is 13.8 Å². The normalized spacial score (nSPS) is 20.6. The zero-order valence-electron chi connectivity index (χ0n) is 8.71. The van der Waals surface area contributed by atoms with E-state index in [1.807, 2.05) is 6.07 Å². The van der Waals surface area contributed by atoms with Crippen molar-refractivity contribution in [2.45, 2.75) is 38.8 Å². The number of hydrogen-bond acceptors (Lipinski definition) is 3. The first-order valence-electron chi connectivity index (χ1n) is 4.30. The van der Waals surface area contributed by atoms with Crippen LogP contribution in [0, 0.1) is 11.3 Å². The molecule has 0 radical (unpaired) electrons. The molecule has 0 spiro atoms. The van der Waals surface area contributed by atoms with Gasteiger partial charge in [-0.05, 0) is 27.7 Å². The monoisotopic (exact) mass is 195 g/mol. The first-order valence-corrected chi connectivity index (χ1v) is 4.30. The van der Waals surface area contributed by atoms with Crippen LogP contribution >= 0.6 is 0 Å². The predicted octanol–water partition coefficient (Wildman–Crippen LogP) is 0.619. The second-order valence-electron chi connectivity index (χ2n) is 4.37. The first kappa shape index (κ1) is 10.5. The highest BCUT2D eigenvalue weighted by atomic mass is 16.2. The summed E-state index contributed by atoms with van der Waals surface area (Å²) in [6.07, 6.45) is 0. The highest BCUT2D eigenvalue weighted by molar-refractivity contribution is 6.07. The van der Waals surface area contributed by atoms with Crippen LogP contribution in [0.15, 0.2) is 0 Å². The topological polar surface area (TPSA) is 73.2 Å². The molecule has 0 bridgehead atoms. The summed E-state index contributed by atoms with van der Waals surface area (Å²) in [6.45, 7) is 6.29. The zero-order chi connectivity index (χ0) is 11.1. The summed E-state index contributed by atoms with van der Waals surface area (Å²) in [5.41, 5.74) is -2.01. The average molecular weight is 195 g/mol. The molecule has 14 heavy (non-hydrogen) atoms. The SMILES string of the molecule is CC1(C)NC(=O)N(C(C)(C)C#N)C1=O. The van der Waals surface area contributed by atoms with Gasteiger partial charge in [-0.3, -0.25) is 4.79 Å². The van der Waals surface area contributed by atoms with Crippen molar-refractivity contribution in [1.29, 1.82) is 5.26 Å². The third kappa shape index (κ3) is 1.33. The molecule has 1 aliphatic rings. The van der Waals surface area contributed by atoms with Crippen LogP contribution in [-0.2, 0) is 4.79 Å². The van der Waals surface area contributed by atoms with Crippen LogP contribution in [0.4, 0.5) is 4.79 Å². The summed E-state index contributed by atoms with van der Waals surface area (Å²) < 4.78 is 0. The number of amides is 3. The molecule has 5 heteroatoms. The molecule has 1 rings (SSSR count). The van der Waals surface area contributed by atoms with Crippen LogP contribution in [0.25, 0.3) is 0 Å². The van der Waals surface area contributed by atoms with E-state index in [2.05, 4.69) is 5.32 Å². The van der Waals surface area contributed by atoms with Crippen LogP contribution in [0.5, 0.6) is 0 Å². The molecule has 76 valence electrons. The molecule has 0 aromatic carbocycles. The second kappa shape index (κ2) is 2.71. The van der Waals surface area contributed by atoms with E-state index in [4.69, 9.17) is 5.26 Å². The molecule has 0 saturated carbocycles. The number of imide groups is 1. The molecule has 0 atom stereocenters. The molecule has 0 aliphatic carbocycles. The first-order chi connectivity index (χ1) is 6.22. The fraction of sp³-hybridized carbons (Fsp3) is 0.667. The smallest absolute Gasteiger partial charge is 0.324 e. The van der Waals surface area contributed by atoms with Crippen molar-refractivity contribution in [1.82, 2.24) is 10.2 Å². The Balaban J connectivity index is 3.11. The van der Waals surface area contributed by atoms with Gasteiger partial charge in [-0.1, -0.05) is 0 Å². The third-order valence-electron chi connectivity index (χ3n) is 2.19. The zero-order valence-corrected chi connectivity index (χ0v) is 8.71. The van der Waals surface area contributed by atoms with E-state index in [-0.39, 0.29) is 5.91 Å². The Morgan fingerprint density at radius 1 is 1.43 bits per heavy atom. The highest BCUT2D eigenvalue weighted by Crippen LogP contribution is 2.24. The number of carbonyl (C=O) groups is 2. The molecule has 0 unspecified atom stereocenters. The Morgan fingerprint density at radius 3 is 2.21 bits per heavy atom. The summed E-state index contributed by atoms with van der Waals surface area (Å²) in [5, 5.41) is 11.4. The summed E-state index contributed by atoms with van der Waals surface area (Å²) in [7, 11) is 0. The van der Waals surface area contributed by atoms with Gasteiger partial charge in [-0.25, -0.2) is 9.69 Å². The number of hydrogen-bond donors (Lipinski definition) is 1. The van der Waals surface area contributed by atoms with Crippen molar-refractivity contribution < 1.29 is 9.59 Å². The minimum Gasteiger partial charge on any atom is -0.324 e. The van der Waals surface area contributed by atoms with Gasteiger partial charge in [0.05, 0.1) is 6.07 Å². The second-order valence-corrected chi connectivity index (χ2v) is 4.37. The maximum atomic E-state index is 11.7. The molecule has 5 nitrogen and oxygen atoms in total. The van der Waals surface area contributed by atoms with E-state index in [9.17, 15) is 9.59 Å². The molecule has 0 aromatic rings. The molecule has 0 aromatic heterocycles. The van der Waals surface area contributed by atoms with E-state index in [1.165, 1.54) is 13.8 Å². The molecule has 3 amide bonds. The quantitative estimate of drug-likeness (QED) is 0.623. The molecule has 1 fully saturated rings. The van der Waals surface area contributed by atoms with Crippen LogP contribution in [0.1, 0.15) is 27.7 Å². The van der Waals surface area contributed by atoms with Gasteiger partial charge in [0.1, 0.15) is 11.1 Å². The lowest BCUT2D eigenvalue weighted by Gasteiger charge is -2.26. The standard InChI is InChI=1S/C9H13N3O2/c1-8(2,5-10)12-6(13)9(3,4)11-7(12)14/h1-4H3,(H,11,14). The number of nitrogens with one attached hydrogen (secondary N) is 1. The van der Waals surface area contributed by atoms with Crippen molar-refractivity contribution in [3.63, 3.8) is 0 Å². The van der Waals surface area contributed by atoms with Crippen molar-refractivity contribution in [3.05, 3.63) is 0 Å². The van der Waals surface area contributed by atoms with Crippen molar-refractivity contribution >= 4 is 11.9 Å². The van der Waals surface area contributed by atoms with Crippen molar-refractivity contribution in [3.8, 4) is 6.07 Å².